The maximum atomic E-state index is 12.0. The normalized spacial score (nSPS) is 12.8. The molecule has 25 heavy (non-hydrogen) atoms. The number of sulfonamides is 1. The van der Waals surface area contributed by atoms with Gasteiger partial charge in [-0.3, -0.25) is 9.52 Å². The molecular formula is C17H24N2O5S. The zero-order valence-electron chi connectivity index (χ0n) is 14.8. The Balaban J connectivity index is 2.70. The van der Waals surface area contributed by atoms with Crippen LogP contribution in [0, 0.1) is 5.92 Å². The van der Waals surface area contributed by atoms with Crippen LogP contribution in [-0.4, -0.2) is 39.7 Å². The number of amides is 1. The highest BCUT2D eigenvalue weighted by atomic mass is 32.2. The highest BCUT2D eigenvalue weighted by molar-refractivity contribution is 7.92. The zero-order valence-corrected chi connectivity index (χ0v) is 15.6. The van der Waals surface area contributed by atoms with E-state index in [1.54, 1.807) is 30.3 Å². The summed E-state index contributed by atoms with van der Waals surface area (Å²) in [6.45, 7) is 3.90. The number of rotatable bonds is 8. The van der Waals surface area contributed by atoms with Crippen molar-refractivity contribution in [1.82, 2.24) is 5.32 Å². The monoisotopic (exact) mass is 368 g/mol. The standard InChI is InChI=1S/C17H24N2O5S/c1-12(2)11-15(17(21)24-3)18-16(20)10-7-13-5-8-14(9-6-13)19-25(4,22)23/h5-10,12,15,19H,11H2,1-4H3,(H,18,20)/b10-7+. The maximum absolute atomic E-state index is 12.0. The SMILES string of the molecule is COC(=O)C(CC(C)C)NC(=O)/C=C/c1ccc(NS(C)(=O)=O)cc1. The van der Waals surface area contributed by atoms with E-state index in [0.29, 0.717) is 17.7 Å². The van der Waals surface area contributed by atoms with E-state index < -0.39 is 27.9 Å². The summed E-state index contributed by atoms with van der Waals surface area (Å²) in [5, 5.41) is 2.62. The summed E-state index contributed by atoms with van der Waals surface area (Å²) in [5.41, 5.74) is 1.15. The lowest BCUT2D eigenvalue weighted by Gasteiger charge is -2.17. The first-order valence-corrected chi connectivity index (χ1v) is 9.64. The summed E-state index contributed by atoms with van der Waals surface area (Å²) in [4.78, 5) is 23.7. The number of esters is 1. The van der Waals surface area contributed by atoms with Crippen LogP contribution in [0.3, 0.4) is 0 Å². The summed E-state index contributed by atoms with van der Waals surface area (Å²) in [5.74, 6) is -0.663. The highest BCUT2D eigenvalue weighted by Crippen LogP contribution is 2.12. The zero-order chi connectivity index (χ0) is 19.0. The molecule has 1 aromatic carbocycles. The highest BCUT2D eigenvalue weighted by Gasteiger charge is 2.21. The second-order valence-corrected chi connectivity index (χ2v) is 7.79. The fourth-order valence-corrected chi connectivity index (χ4v) is 2.66. The first-order valence-electron chi connectivity index (χ1n) is 7.75. The number of carbonyl (C=O) groups is 2. The molecule has 0 saturated carbocycles. The molecule has 0 fully saturated rings. The van der Waals surface area contributed by atoms with E-state index in [2.05, 4.69) is 10.0 Å². The van der Waals surface area contributed by atoms with E-state index in [0.717, 1.165) is 6.26 Å². The molecule has 7 nitrogen and oxygen atoms in total. The Morgan fingerprint density at radius 2 is 1.80 bits per heavy atom. The van der Waals surface area contributed by atoms with Crippen molar-refractivity contribution in [2.24, 2.45) is 5.92 Å². The second-order valence-electron chi connectivity index (χ2n) is 6.04. The minimum absolute atomic E-state index is 0.225. The minimum Gasteiger partial charge on any atom is -0.467 e. The van der Waals surface area contributed by atoms with Crippen molar-refractivity contribution in [3.05, 3.63) is 35.9 Å². The summed E-state index contributed by atoms with van der Waals surface area (Å²) < 4.78 is 29.3. The number of hydrogen-bond acceptors (Lipinski definition) is 5. The molecule has 0 saturated heterocycles. The predicted molar refractivity (Wildman–Crippen MR) is 97.3 cm³/mol. The van der Waals surface area contributed by atoms with Crippen LogP contribution in [0.1, 0.15) is 25.8 Å². The van der Waals surface area contributed by atoms with E-state index in [-0.39, 0.29) is 5.92 Å². The molecule has 0 heterocycles. The summed E-state index contributed by atoms with van der Waals surface area (Å²) >= 11 is 0. The maximum Gasteiger partial charge on any atom is 0.328 e. The van der Waals surface area contributed by atoms with Gasteiger partial charge in [-0.15, -0.1) is 0 Å². The topological polar surface area (TPSA) is 102 Å². The number of carbonyl (C=O) groups excluding carboxylic acids is 2. The number of nitrogens with one attached hydrogen (secondary N) is 2. The molecular weight excluding hydrogens is 344 g/mol. The van der Waals surface area contributed by atoms with Gasteiger partial charge in [-0.2, -0.15) is 0 Å². The fourth-order valence-electron chi connectivity index (χ4n) is 2.10. The molecule has 1 rings (SSSR count). The molecule has 0 radical (unpaired) electrons. The van der Waals surface area contributed by atoms with Gasteiger partial charge in [0.05, 0.1) is 13.4 Å². The van der Waals surface area contributed by atoms with Crippen LogP contribution in [0.2, 0.25) is 0 Å². The lowest BCUT2D eigenvalue weighted by molar-refractivity contribution is -0.145. The van der Waals surface area contributed by atoms with E-state index in [9.17, 15) is 18.0 Å². The van der Waals surface area contributed by atoms with Crippen molar-refractivity contribution in [3.8, 4) is 0 Å². The minimum atomic E-state index is -3.33. The van der Waals surface area contributed by atoms with Gasteiger partial charge in [-0.25, -0.2) is 13.2 Å². The van der Waals surface area contributed by atoms with Gasteiger partial charge < -0.3 is 10.1 Å². The van der Waals surface area contributed by atoms with Gasteiger partial charge in [0.1, 0.15) is 6.04 Å². The molecule has 0 bridgehead atoms. The van der Waals surface area contributed by atoms with Crippen molar-refractivity contribution < 1.29 is 22.7 Å². The van der Waals surface area contributed by atoms with Gasteiger partial charge in [0, 0.05) is 11.8 Å². The third-order valence-corrected chi connectivity index (χ3v) is 3.76. The predicted octanol–water partition coefficient (Wildman–Crippen LogP) is 1.78. The van der Waals surface area contributed by atoms with Crippen molar-refractivity contribution in [2.45, 2.75) is 26.3 Å². The Morgan fingerprint density at radius 3 is 2.28 bits per heavy atom. The first kappa shape index (κ1) is 20.7. The Labute approximate surface area is 148 Å². The third-order valence-electron chi connectivity index (χ3n) is 3.15. The summed E-state index contributed by atoms with van der Waals surface area (Å²) in [6.07, 6.45) is 4.44. The van der Waals surface area contributed by atoms with Crippen molar-refractivity contribution in [2.75, 3.05) is 18.1 Å². The quantitative estimate of drug-likeness (QED) is 0.538. The molecule has 1 atom stereocenters. The van der Waals surface area contributed by atoms with Crippen molar-refractivity contribution >= 4 is 33.7 Å². The number of anilines is 1. The van der Waals surface area contributed by atoms with Crippen LogP contribution in [0.4, 0.5) is 5.69 Å². The number of hydrogen-bond donors (Lipinski definition) is 2. The largest absolute Gasteiger partial charge is 0.467 e. The summed E-state index contributed by atoms with van der Waals surface area (Å²) in [6, 6.07) is 5.83. The van der Waals surface area contributed by atoms with Crippen LogP contribution < -0.4 is 10.0 Å². The van der Waals surface area contributed by atoms with Crippen LogP contribution in [-0.2, 0) is 24.3 Å². The Bertz CT molecular complexity index is 724. The summed E-state index contributed by atoms with van der Waals surface area (Å²) in [7, 11) is -2.04. The Hall–Kier alpha value is -2.35. The Morgan fingerprint density at radius 1 is 1.20 bits per heavy atom. The van der Waals surface area contributed by atoms with Crippen LogP contribution in [0.15, 0.2) is 30.3 Å². The van der Waals surface area contributed by atoms with Gasteiger partial charge in [0.25, 0.3) is 0 Å². The van der Waals surface area contributed by atoms with Gasteiger partial charge in [-0.1, -0.05) is 26.0 Å². The molecule has 0 aliphatic carbocycles. The van der Waals surface area contributed by atoms with E-state index in [1.165, 1.54) is 13.2 Å². The third kappa shape index (κ3) is 8.35. The van der Waals surface area contributed by atoms with E-state index in [4.69, 9.17) is 4.74 Å². The van der Waals surface area contributed by atoms with Crippen LogP contribution >= 0.6 is 0 Å². The second kappa shape index (κ2) is 9.22. The Kier molecular flexibility index (Phi) is 7.63. The van der Waals surface area contributed by atoms with Gasteiger partial charge in [0.15, 0.2) is 0 Å². The molecule has 138 valence electrons. The smallest absolute Gasteiger partial charge is 0.328 e. The first-order chi connectivity index (χ1) is 11.6. The average Bonchev–Trinajstić information content (AvgIpc) is 2.51. The fraction of sp³-hybridized carbons (Fsp3) is 0.412. The molecule has 0 aromatic heterocycles. The van der Waals surface area contributed by atoms with Crippen LogP contribution in [0.5, 0.6) is 0 Å². The van der Waals surface area contributed by atoms with Crippen LogP contribution in [0.25, 0.3) is 6.08 Å². The van der Waals surface area contributed by atoms with Crippen molar-refractivity contribution in [1.29, 1.82) is 0 Å². The molecule has 1 unspecified atom stereocenters. The number of ether oxygens (including phenoxy) is 1. The molecule has 1 aromatic rings. The van der Waals surface area contributed by atoms with Gasteiger partial charge >= 0.3 is 5.97 Å². The molecule has 0 spiro atoms. The molecule has 2 N–H and O–H groups in total. The lowest BCUT2D eigenvalue weighted by atomic mass is 10.0. The van der Waals surface area contributed by atoms with Gasteiger partial charge in [0.2, 0.25) is 15.9 Å². The lowest BCUT2D eigenvalue weighted by Crippen LogP contribution is -2.41. The number of benzene rings is 1. The molecule has 1 amide bonds. The molecule has 0 aliphatic rings. The van der Waals surface area contributed by atoms with Crippen molar-refractivity contribution in [3.63, 3.8) is 0 Å². The average molecular weight is 368 g/mol. The van der Waals surface area contributed by atoms with Gasteiger partial charge in [-0.05, 0) is 36.1 Å². The van der Waals surface area contributed by atoms with E-state index in [1.807, 2.05) is 13.8 Å². The molecule has 8 heteroatoms. The van der Waals surface area contributed by atoms with E-state index >= 15 is 0 Å². The molecule has 0 aliphatic heterocycles. The number of methoxy groups -OCH3 is 1.